The number of hydrogen-bond donors (Lipinski definition) is 0. The van der Waals surface area contributed by atoms with E-state index in [0.717, 1.165) is 17.3 Å². The van der Waals surface area contributed by atoms with E-state index in [4.69, 9.17) is 21.6 Å². The quantitative estimate of drug-likeness (QED) is 0.628. The van der Waals surface area contributed by atoms with Gasteiger partial charge in [-0.1, -0.05) is 35.9 Å². The maximum atomic E-state index is 12.4. The Labute approximate surface area is 172 Å². The fraction of sp³-hybridized carbons (Fsp3) is 0.190. The fourth-order valence-corrected chi connectivity index (χ4v) is 3.92. The Hall–Kier alpha value is -2.75. The number of amides is 2. The van der Waals surface area contributed by atoms with E-state index in [2.05, 4.69) is 6.07 Å². The van der Waals surface area contributed by atoms with Gasteiger partial charge < -0.3 is 4.74 Å². The van der Waals surface area contributed by atoms with Crippen LogP contribution in [-0.2, 0) is 11.4 Å². The van der Waals surface area contributed by atoms with Crippen LogP contribution in [0.25, 0.3) is 6.08 Å². The van der Waals surface area contributed by atoms with Crippen molar-refractivity contribution in [3.05, 3.63) is 69.1 Å². The fourth-order valence-electron chi connectivity index (χ4n) is 2.71. The highest BCUT2D eigenvalue weighted by atomic mass is 35.5. The molecular formula is C21H17ClN2O3S. The number of ether oxygens (including phenoxy) is 1. The summed E-state index contributed by atoms with van der Waals surface area (Å²) in [5, 5.41) is 9.25. The Balaban J connectivity index is 1.75. The van der Waals surface area contributed by atoms with Gasteiger partial charge in [-0.15, -0.1) is 0 Å². The lowest BCUT2D eigenvalue weighted by molar-refractivity contribution is -0.123. The summed E-state index contributed by atoms with van der Waals surface area (Å²) >= 11 is 7.23. The van der Waals surface area contributed by atoms with Crippen LogP contribution in [0.4, 0.5) is 4.79 Å². The molecule has 1 aliphatic rings. The molecule has 1 saturated heterocycles. The molecule has 1 heterocycles. The number of carbonyl (C=O) groups excluding carboxylic acids is 2. The molecule has 1 fully saturated rings. The Bertz CT molecular complexity index is 1010. The van der Waals surface area contributed by atoms with Gasteiger partial charge in [-0.25, -0.2) is 0 Å². The van der Waals surface area contributed by atoms with Crippen molar-refractivity contribution in [3.8, 4) is 11.8 Å². The largest absolute Gasteiger partial charge is 0.487 e. The molecule has 0 aliphatic carbocycles. The van der Waals surface area contributed by atoms with Crippen molar-refractivity contribution in [1.29, 1.82) is 5.26 Å². The second kappa shape index (κ2) is 8.51. The smallest absolute Gasteiger partial charge is 0.293 e. The van der Waals surface area contributed by atoms with Crippen LogP contribution in [0.15, 0.2) is 47.4 Å². The van der Waals surface area contributed by atoms with Gasteiger partial charge in [0.25, 0.3) is 11.1 Å². The highest BCUT2D eigenvalue weighted by Crippen LogP contribution is 2.35. The summed E-state index contributed by atoms with van der Waals surface area (Å²) in [4.78, 5) is 25.9. The molecule has 0 atom stereocenters. The molecule has 142 valence electrons. The van der Waals surface area contributed by atoms with Gasteiger partial charge in [0.05, 0.1) is 21.6 Å². The summed E-state index contributed by atoms with van der Waals surface area (Å²) < 4.78 is 5.74. The lowest BCUT2D eigenvalue weighted by Gasteiger charge is -2.16. The van der Waals surface area contributed by atoms with Crippen molar-refractivity contribution in [2.24, 2.45) is 0 Å². The molecule has 7 heteroatoms. The summed E-state index contributed by atoms with van der Waals surface area (Å²) in [6.45, 7) is 3.82. The highest BCUT2D eigenvalue weighted by Gasteiger charge is 2.36. The van der Waals surface area contributed by atoms with Gasteiger partial charge in [0.15, 0.2) is 0 Å². The molecule has 1 aliphatic heterocycles. The molecule has 2 amide bonds. The molecule has 5 nitrogen and oxygen atoms in total. The van der Waals surface area contributed by atoms with E-state index in [-0.39, 0.29) is 23.8 Å². The van der Waals surface area contributed by atoms with Crippen LogP contribution in [0.5, 0.6) is 5.75 Å². The lowest BCUT2D eigenvalue weighted by atomic mass is 10.1. The summed E-state index contributed by atoms with van der Waals surface area (Å²) in [7, 11) is 0. The van der Waals surface area contributed by atoms with Crippen LogP contribution in [0.3, 0.4) is 0 Å². The Kier molecular flexibility index (Phi) is 6.08. The second-order valence-electron chi connectivity index (χ2n) is 6.39. The van der Waals surface area contributed by atoms with Gasteiger partial charge in [-0.2, -0.15) is 5.26 Å². The van der Waals surface area contributed by atoms with E-state index < -0.39 is 0 Å². The Morgan fingerprint density at radius 3 is 2.64 bits per heavy atom. The molecule has 3 rings (SSSR count). The average Bonchev–Trinajstić information content (AvgIpc) is 2.94. The summed E-state index contributed by atoms with van der Waals surface area (Å²) in [5.74, 6) is 0.177. The van der Waals surface area contributed by atoms with E-state index >= 15 is 0 Å². The van der Waals surface area contributed by atoms with Gasteiger partial charge in [-0.3, -0.25) is 14.5 Å². The molecule has 28 heavy (non-hydrogen) atoms. The third kappa shape index (κ3) is 4.22. The van der Waals surface area contributed by atoms with Gasteiger partial charge in [-0.05, 0) is 55.4 Å². The first-order valence-electron chi connectivity index (χ1n) is 8.58. The topological polar surface area (TPSA) is 70.4 Å². The molecule has 0 radical (unpaired) electrons. The van der Waals surface area contributed by atoms with E-state index in [1.807, 2.05) is 12.1 Å². The zero-order chi connectivity index (χ0) is 20.3. The summed E-state index contributed by atoms with van der Waals surface area (Å²) in [6.07, 6.45) is 1.65. The predicted molar refractivity (Wildman–Crippen MR) is 110 cm³/mol. The van der Waals surface area contributed by atoms with Crippen LogP contribution in [-0.4, -0.2) is 22.1 Å². The summed E-state index contributed by atoms with van der Waals surface area (Å²) in [5.41, 5.74) is 2.02. The number of benzene rings is 2. The first-order valence-corrected chi connectivity index (χ1v) is 9.77. The van der Waals surface area contributed by atoms with Crippen molar-refractivity contribution < 1.29 is 14.3 Å². The molecule has 2 aromatic carbocycles. The number of imide groups is 1. The highest BCUT2D eigenvalue weighted by molar-refractivity contribution is 8.18. The normalized spacial score (nSPS) is 15.4. The Morgan fingerprint density at radius 2 is 2.00 bits per heavy atom. The number of thioether (sulfide) groups is 1. The molecule has 2 aromatic rings. The SMILES string of the molecule is CC(C)N1C(=O)S/C(=C\c2ccc(OCc3ccccc3C#N)c(Cl)c2)C1=O. The number of carbonyl (C=O) groups is 2. The number of halogens is 1. The van der Waals surface area contributed by atoms with Gasteiger partial charge >= 0.3 is 0 Å². The molecular weight excluding hydrogens is 396 g/mol. The molecule has 0 N–H and O–H groups in total. The van der Waals surface area contributed by atoms with Crippen molar-refractivity contribution in [2.45, 2.75) is 26.5 Å². The molecule has 0 aromatic heterocycles. The van der Waals surface area contributed by atoms with Gasteiger partial charge in [0, 0.05) is 11.6 Å². The van der Waals surface area contributed by atoms with Crippen LogP contribution >= 0.6 is 23.4 Å². The van der Waals surface area contributed by atoms with E-state index in [0.29, 0.717) is 26.8 Å². The van der Waals surface area contributed by atoms with Crippen molar-refractivity contribution >= 4 is 40.6 Å². The van der Waals surface area contributed by atoms with Crippen molar-refractivity contribution in [1.82, 2.24) is 4.90 Å². The molecule has 0 spiro atoms. The van der Waals surface area contributed by atoms with Crippen LogP contribution in [0.2, 0.25) is 5.02 Å². The van der Waals surface area contributed by atoms with Gasteiger partial charge in [0.2, 0.25) is 0 Å². The minimum atomic E-state index is -0.297. The van der Waals surface area contributed by atoms with E-state index in [1.54, 1.807) is 50.3 Å². The van der Waals surface area contributed by atoms with Crippen LogP contribution in [0.1, 0.15) is 30.5 Å². The maximum absolute atomic E-state index is 12.4. The number of hydrogen-bond acceptors (Lipinski definition) is 5. The average molecular weight is 413 g/mol. The minimum Gasteiger partial charge on any atom is -0.487 e. The zero-order valence-electron chi connectivity index (χ0n) is 15.3. The van der Waals surface area contributed by atoms with Crippen LogP contribution in [0, 0.1) is 11.3 Å². The molecule has 0 saturated carbocycles. The minimum absolute atomic E-state index is 0.186. The number of nitrogens with zero attached hydrogens (tertiary/aromatic N) is 2. The number of rotatable bonds is 5. The third-order valence-corrected chi connectivity index (χ3v) is 5.29. The summed E-state index contributed by atoms with van der Waals surface area (Å²) in [6, 6.07) is 14.3. The molecule has 0 bridgehead atoms. The zero-order valence-corrected chi connectivity index (χ0v) is 16.9. The second-order valence-corrected chi connectivity index (χ2v) is 7.79. The first-order chi connectivity index (χ1) is 13.4. The predicted octanol–water partition coefficient (Wildman–Crippen LogP) is 5.24. The lowest BCUT2D eigenvalue weighted by Crippen LogP contribution is -2.34. The Morgan fingerprint density at radius 1 is 1.25 bits per heavy atom. The first kappa shape index (κ1) is 20.0. The van der Waals surface area contributed by atoms with E-state index in [1.165, 1.54) is 4.90 Å². The van der Waals surface area contributed by atoms with Gasteiger partial charge in [0.1, 0.15) is 12.4 Å². The third-order valence-electron chi connectivity index (χ3n) is 4.11. The standard InChI is InChI=1S/C21H17ClN2O3S/c1-13(2)24-20(25)19(28-21(24)26)10-14-7-8-18(17(22)9-14)27-12-16-6-4-3-5-15(16)11-23/h3-10,13H,12H2,1-2H3/b19-10-. The van der Waals surface area contributed by atoms with Crippen molar-refractivity contribution in [2.75, 3.05) is 0 Å². The van der Waals surface area contributed by atoms with E-state index in [9.17, 15) is 9.59 Å². The van der Waals surface area contributed by atoms with Crippen molar-refractivity contribution in [3.63, 3.8) is 0 Å². The maximum Gasteiger partial charge on any atom is 0.293 e. The molecule has 0 unspecified atom stereocenters. The number of nitriles is 1. The monoisotopic (exact) mass is 412 g/mol. The van der Waals surface area contributed by atoms with Crippen LogP contribution < -0.4 is 4.74 Å².